The average molecular weight is 383 g/mol. The third-order valence-electron chi connectivity index (χ3n) is 5.54. The Balaban J connectivity index is 1.93. The van der Waals surface area contributed by atoms with Crippen LogP contribution in [0.5, 0.6) is 0 Å². The summed E-state index contributed by atoms with van der Waals surface area (Å²) in [6, 6.07) is 11.9. The highest BCUT2D eigenvalue weighted by molar-refractivity contribution is 7.98. The van der Waals surface area contributed by atoms with Gasteiger partial charge in [-0.1, -0.05) is 24.3 Å². The predicted octanol–water partition coefficient (Wildman–Crippen LogP) is 4.14. The third-order valence-corrected chi connectivity index (χ3v) is 6.34. The number of carbonyl (C=O) groups excluding carboxylic acids is 2. The van der Waals surface area contributed by atoms with Crippen LogP contribution in [0, 0.1) is 26.7 Å². The highest BCUT2D eigenvalue weighted by Gasteiger charge is 2.44. The molecule has 1 fully saturated rings. The molecule has 0 aromatic heterocycles. The van der Waals surface area contributed by atoms with Crippen LogP contribution in [0.4, 0.5) is 5.69 Å². The fraction of sp³-hybridized carbons (Fsp3) is 0.364. The van der Waals surface area contributed by atoms with Crippen molar-refractivity contribution >= 4 is 29.3 Å². The van der Waals surface area contributed by atoms with Crippen LogP contribution >= 0.6 is 11.8 Å². The van der Waals surface area contributed by atoms with Gasteiger partial charge in [0.1, 0.15) is 5.92 Å². The number of thioether (sulfide) groups is 1. The van der Waals surface area contributed by atoms with Crippen molar-refractivity contribution in [1.82, 2.24) is 4.90 Å². The van der Waals surface area contributed by atoms with Gasteiger partial charge >= 0.3 is 0 Å². The smallest absolute Gasteiger partial charge is 0.237 e. The molecule has 1 aliphatic rings. The van der Waals surface area contributed by atoms with Gasteiger partial charge in [-0.05, 0) is 61.4 Å². The summed E-state index contributed by atoms with van der Waals surface area (Å²) < 4.78 is 0. The summed E-state index contributed by atoms with van der Waals surface area (Å²) in [5.41, 5.74) is 5.46. The molecule has 27 heavy (non-hydrogen) atoms. The van der Waals surface area contributed by atoms with Gasteiger partial charge < -0.3 is 10.2 Å². The fourth-order valence-electron chi connectivity index (χ4n) is 3.73. The molecule has 0 saturated carbocycles. The first-order valence-electron chi connectivity index (χ1n) is 9.10. The van der Waals surface area contributed by atoms with E-state index in [-0.39, 0.29) is 17.7 Å². The number of hydrogen-bond acceptors (Lipinski definition) is 3. The van der Waals surface area contributed by atoms with Crippen LogP contribution in [0.25, 0.3) is 0 Å². The molecule has 1 heterocycles. The molecule has 4 nitrogen and oxygen atoms in total. The van der Waals surface area contributed by atoms with E-state index < -0.39 is 5.92 Å². The standard InChI is InChI=1S/C22H26N2O2S/c1-13-10-16(11-14(2)15(13)3)17-12-24(4)22(26)20(17)21(25)23-18-8-6-7-9-19(18)27-5/h6-11,17,20H,12H2,1-5H3,(H,23,25)/t17-,20+/m1/s1. The Hall–Kier alpha value is -2.27. The minimum absolute atomic E-state index is 0.116. The number of hydrogen-bond donors (Lipinski definition) is 1. The van der Waals surface area contributed by atoms with E-state index in [1.807, 2.05) is 30.5 Å². The van der Waals surface area contributed by atoms with Gasteiger partial charge in [0.15, 0.2) is 0 Å². The maximum Gasteiger partial charge on any atom is 0.237 e. The second-order valence-corrected chi connectivity index (χ2v) is 8.12. The number of amides is 2. The van der Waals surface area contributed by atoms with Gasteiger partial charge in [0.2, 0.25) is 11.8 Å². The van der Waals surface area contributed by atoms with Crippen molar-refractivity contribution < 1.29 is 9.59 Å². The summed E-state index contributed by atoms with van der Waals surface area (Å²) in [5, 5.41) is 2.99. The molecule has 2 aromatic carbocycles. The topological polar surface area (TPSA) is 49.4 Å². The van der Waals surface area contributed by atoms with Crippen molar-refractivity contribution in [2.45, 2.75) is 31.6 Å². The van der Waals surface area contributed by atoms with E-state index in [1.54, 1.807) is 23.7 Å². The Morgan fingerprint density at radius 1 is 1.15 bits per heavy atom. The molecule has 0 aliphatic carbocycles. The zero-order valence-electron chi connectivity index (χ0n) is 16.5. The van der Waals surface area contributed by atoms with Crippen LogP contribution in [0.1, 0.15) is 28.2 Å². The number of benzene rings is 2. The first-order chi connectivity index (χ1) is 12.8. The van der Waals surface area contributed by atoms with Crippen molar-refractivity contribution in [2.24, 2.45) is 5.92 Å². The Labute approximate surface area is 165 Å². The number of likely N-dealkylation sites (N-methyl/N-ethyl adjacent to an activating group) is 1. The summed E-state index contributed by atoms with van der Waals surface area (Å²) in [6.45, 7) is 6.82. The van der Waals surface area contributed by atoms with E-state index in [4.69, 9.17) is 0 Å². The van der Waals surface area contributed by atoms with Crippen LogP contribution < -0.4 is 5.32 Å². The van der Waals surface area contributed by atoms with Crippen molar-refractivity contribution in [3.63, 3.8) is 0 Å². The molecule has 142 valence electrons. The lowest BCUT2D eigenvalue weighted by Gasteiger charge is -2.19. The maximum atomic E-state index is 13.1. The lowest BCUT2D eigenvalue weighted by Crippen LogP contribution is -2.32. The van der Waals surface area contributed by atoms with Gasteiger partial charge in [-0.25, -0.2) is 0 Å². The van der Waals surface area contributed by atoms with Crippen LogP contribution in [-0.2, 0) is 9.59 Å². The molecular weight excluding hydrogens is 356 g/mol. The number of rotatable bonds is 4. The van der Waals surface area contributed by atoms with E-state index in [2.05, 4.69) is 38.2 Å². The Kier molecular flexibility index (Phi) is 5.61. The molecule has 3 rings (SSSR count). The van der Waals surface area contributed by atoms with E-state index in [0.717, 1.165) is 16.1 Å². The van der Waals surface area contributed by atoms with Gasteiger partial charge in [0.05, 0.1) is 5.69 Å². The molecule has 0 radical (unpaired) electrons. The molecule has 1 N–H and O–H groups in total. The van der Waals surface area contributed by atoms with Gasteiger partial charge in [-0.2, -0.15) is 0 Å². The normalized spacial score (nSPS) is 19.4. The minimum Gasteiger partial charge on any atom is -0.344 e. The monoisotopic (exact) mass is 382 g/mol. The number of aryl methyl sites for hydroxylation is 2. The summed E-state index contributed by atoms with van der Waals surface area (Å²) in [5.74, 6) is -1.19. The van der Waals surface area contributed by atoms with Gasteiger partial charge in [-0.15, -0.1) is 11.8 Å². The molecule has 0 spiro atoms. The van der Waals surface area contributed by atoms with Crippen LogP contribution in [-0.4, -0.2) is 36.6 Å². The summed E-state index contributed by atoms with van der Waals surface area (Å²) >= 11 is 1.57. The zero-order valence-corrected chi connectivity index (χ0v) is 17.3. The number of carbonyl (C=O) groups is 2. The highest BCUT2D eigenvalue weighted by atomic mass is 32.2. The van der Waals surface area contributed by atoms with Crippen LogP contribution in [0.3, 0.4) is 0 Å². The summed E-state index contributed by atoms with van der Waals surface area (Å²) in [7, 11) is 1.77. The van der Waals surface area contributed by atoms with E-state index in [1.165, 1.54) is 16.7 Å². The van der Waals surface area contributed by atoms with Crippen LogP contribution in [0.15, 0.2) is 41.3 Å². The molecule has 0 bridgehead atoms. The SMILES string of the molecule is CSc1ccccc1NC(=O)[C@H]1C(=O)N(C)C[C@@H]1c1cc(C)c(C)c(C)c1. The van der Waals surface area contributed by atoms with E-state index >= 15 is 0 Å². The number of nitrogens with one attached hydrogen (secondary N) is 1. The molecule has 1 aliphatic heterocycles. The Bertz CT molecular complexity index is 871. The van der Waals surface area contributed by atoms with Crippen molar-refractivity contribution in [3.05, 3.63) is 58.7 Å². The summed E-state index contributed by atoms with van der Waals surface area (Å²) in [4.78, 5) is 28.5. The molecule has 2 atom stereocenters. The first kappa shape index (κ1) is 19.5. The lowest BCUT2D eigenvalue weighted by molar-refractivity contribution is -0.135. The van der Waals surface area contributed by atoms with Crippen LogP contribution in [0.2, 0.25) is 0 Å². The Morgan fingerprint density at radius 3 is 2.41 bits per heavy atom. The number of nitrogens with zero attached hydrogens (tertiary/aromatic N) is 1. The Morgan fingerprint density at radius 2 is 1.78 bits per heavy atom. The van der Waals surface area contributed by atoms with Crippen molar-refractivity contribution in [1.29, 1.82) is 0 Å². The molecular formula is C22H26N2O2S. The quantitative estimate of drug-likeness (QED) is 0.638. The molecule has 0 unspecified atom stereocenters. The minimum atomic E-state index is -0.702. The number of likely N-dealkylation sites (tertiary alicyclic amines) is 1. The predicted molar refractivity (Wildman–Crippen MR) is 111 cm³/mol. The second kappa shape index (κ2) is 7.77. The van der Waals surface area contributed by atoms with Crippen molar-refractivity contribution in [3.8, 4) is 0 Å². The second-order valence-electron chi connectivity index (χ2n) is 7.27. The maximum absolute atomic E-state index is 13.1. The van der Waals surface area contributed by atoms with E-state index in [9.17, 15) is 9.59 Å². The lowest BCUT2D eigenvalue weighted by atomic mass is 9.85. The first-order valence-corrected chi connectivity index (χ1v) is 10.3. The summed E-state index contributed by atoms with van der Waals surface area (Å²) in [6.07, 6.45) is 1.97. The largest absolute Gasteiger partial charge is 0.344 e. The number of para-hydroxylation sites is 1. The third kappa shape index (κ3) is 3.74. The molecule has 2 aromatic rings. The molecule has 5 heteroatoms. The molecule has 2 amide bonds. The highest BCUT2D eigenvalue weighted by Crippen LogP contribution is 2.36. The number of anilines is 1. The van der Waals surface area contributed by atoms with Gasteiger partial charge in [0.25, 0.3) is 0 Å². The van der Waals surface area contributed by atoms with Crippen molar-refractivity contribution in [2.75, 3.05) is 25.2 Å². The van der Waals surface area contributed by atoms with Gasteiger partial charge in [0, 0.05) is 24.4 Å². The van der Waals surface area contributed by atoms with E-state index in [0.29, 0.717) is 6.54 Å². The zero-order chi connectivity index (χ0) is 19.7. The molecule has 1 saturated heterocycles. The fourth-order valence-corrected chi connectivity index (χ4v) is 4.29. The average Bonchev–Trinajstić information content (AvgIpc) is 2.94. The van der Waals surface area contributed by atoms with Gasteiger partial charge in [-0.3, -0.25) is 9.59 Å².